The molecule has 0 saturated carbocycles. The predicted octanol–water partition coefficient (Wildman–Crippen LogP) is 4.24. The number of rotatable bonds is 9. The number of aryl methyl sites for hydroxylation is 1. The molecule has 3 aromatic rings. The summed E-state index contributed by atoms with van der Waals surface area (Å²) in [6.45, 7) is 6.90. The van der Waals surface area contributed by atoms with Gasteiger partial charge in [-0.3, -0.25) is 0 Å². The molecule has 1 amide bonds. The van der Waals surface area contributed by atoms with E-state index < -0.39 is 20.5 Å². The van der Waals surface area contributed by atoms with Gasteiger partial charge in [-0.1, -0.05) is 99.6 Å². The van der Waals surface area contributed by atoms with Gasteiger partial charge in [0.2, 0.25) is 0 Å². The van der Waals surface area contributed by atoms with Gasteiger partial charge in [0.1, 0.15) is 6.10 Å². The van der Waals surface area contributed by atoms with Crippen LogP contribution < -0.4 is 21.8 Å². The summed E-state index contributed by atoms with van der Waals surface area (Å²) in [5.74, 6) is 0. The lowest BCUT2D eigenvalue weighted by Crippen LogP contribution is -2.67. The van der Waals surface area contributed by atoms with E-state index in [9.17, 15) is 4.79 Å². The Morgan fingerprint density at radius 2 is 1.39 bits per heavy atom. The SMILES string of the molecule is CC(C)(C)[Si](OC[C@H](CCc1ccccc1N)OC(N)=O)(c1ccccc1)c1ccccc1. The van der Waals surface area contributed by atoms with E-state index in [1.165, 1.54) is 10.4 Å². The number of ether oxygens (including phenoxy) is 1. The highest BCUT2D eigenvalue weighted by molar-refractivity contribution is 6.99. The van der Waals surface area contributed by atoms with E-state index in [4.69, 9.17) is 20.6 Å². The Labute approximate surface area is 197 Å². The second-order valence-corrected chi connectivity index (χ2v) is 13.6. The fourth-order valence-electron chi connectivity index (χ4n) is 4.40. The normalized spacial score (nSPS) is 12.8. The summed E-state index contributed by atoms with van der Waals surface area (Å²) in [7, 11) is -2.74. The molecule has 33 heavy (non-hydrogen) atoms. The second-order valence-electron chi connectivity index (χ2n) is 9.27. The fourth-order valence-corrected chi connectivity index (χ4v) is 8.99. The Morgan fingerprint density at radius 3 is 1.88 bits per heavy atom. The van der Waals surface area contributed by atoms with Gasteiger partial charge in [-0.25, -0.2) is 4.79 Å². The number of carbonyl (C=O) groups is 1. The molecule has 3 rings (SSSR count). The van der Waals surface area contributed by atoms with Gasteiger partial charge in [-0.05, 0) is 39.9 Å². The Balaban J connectivity index is 1.93. The third-order valence-electron chi connectivity index (χ3n) is 5.98. The number of anilines is 1. The fraction of sp³-hybridized carbons (Fsp3) is 0.296. The molecule has 0 aliphatic carbocycles. The van der Waals surface area contributed by atoms with Crippen LogP contribution in [0.15, 0.2) is 84.9 Å². The van der Waals surface area contributed by atoms with E-state index in [2.05, 4.69) is 45.0 Å². The van der Waals surface area contributed by atoms with Crippen molar-refractivity contribution in [3.8, 4) is 0 Å². The summed E-state index contributed by atoms with van der Waals surface area (Å²) in [4.78, 5) is 11.7. The van der Waals surface area contributed by atoms with Crippen molar-refractivity contribution in [1.82, 2.24) is 0 Å². The van der Waals surface area contributed by atoms with Crippen molar-refractivity contribution in [3.05, 3.63) is 90.5 Å². The first-order valence-corrected chi connectivity index (χ1v) is 13.2. The summed E-state index contributed by atoms with van der Waals surface area (Å²) < 4.78 is 12.4. The minimum atomic E-state index is -2.74. The molecule has 0 bridgehead atoms. The first-order valence-electron chi connectivity index (χ1n) is 11.3. The quantitative estimate of drug-likeness (QED) is 0.368. The minimum absolute atomic E-state index is 0.170. The smallest absolute Gasteiger partial charge is 0.404 e. The Kier molecular flexibility index (Phi) is 7.95. The lowest BCUT2D eigenvalue weighted by molar-refractivity contribution is 0.0637. The van der Waals surface area contributed by atoms with Crippen molar-refractivity contribution >= 4 is 30.5 Å². The first kappa shape index (κ1) is 24.5. The highest BCUT2D eigenvalue weighted by Gasteiger charge is 2.50. The van der Waals surface area contributed by atoms with Crippen LogP contribution in [0.3, 0.4) is 0 Å². The zero-order chi connectivity index (χ0) is 23.9. The topological polar surface area (TPSA) is 87.6 Å². The molecule has 0 aliphatic rings. The van der Waals surface area contributed by atoms with Gasteiger partial charge < -0.3 is 20.6 Å². The zero-order valence-electron chi connectivity index (χ0n) is 19.7. The van der Waals surface area contributed by atoms with Crippen LogP contribution >= 0.6 is 0 Å². The molecule has 6 heteroatoms. The van der Waals surface area contributed by atoms with Crippen LogP contribution in [0.2, 0.25) is 5.04 Å². The van der Waals surface area contributed by atoms with E-state index in [1.807, 2.05) is 60.7 Å². The van der Waals surface area contributed by atoms with Crippen LogP contribution in [0.1, 0.15) is 32.8 Å². The molecule has 0 radical (unpaired) electrons. The number of nitrogens with two attached hydrogens (primary N) is 2. The summed E-state index contributed by atoms with van der Waals surface area (Å²) in [6.07, 6.45) is -0.0554. The molecule has 0 fully saturated rings. The summed E-state index contributed by atoms with van der Waals surface area (Å²) in [5.41, 5.74) is 13.3. The standard InChI is InChI=1S/C27H34N2O3Si/c1-27(2,3)33(23-13-6-4-7-14-23,24-15-8-5-9-16-24)31-20-22(32-26(29)30)19-18-21-12-10-11-17-25(21)28/h4-17,22H,18-20,28H2,1-3H3,(H2,29,30)/t22-/m0/s1. The molecule has 0 unspecified atom stereocenters. The van der Waals surface area contributed by atoms with Crippen molar-refractivity contribution < 1.29 is 14.0 Å². The molecule has 174 valence electrons. The van der Waals surface area contributed by atoms with E-state index in [0.29, 0.717) is 12.8 Å². The van der Waals surface area contributed by atoms with E-state index in [-0.39, 0.29) is 11.6 Å². The molecular formula is C27H34N2O3Si. The maximum atomic E-state index is 11.7. The third-order valence-corrected chi connectivity index (χ3v) is 11.0. The number of hydrogen-bond donors (Lipinski definition) is 2. The molecule has 0 aliphatic heterocycles. The van der Waals surface area contributed by atoms with Crippen molar-refractivity contribution in [1.29, 1.82) is 0 Å². The maximum absolute atomic E-state index is 11.7. The number of carbonyl (C=O) groups excluding carboxylic acids is 1. The Morgan fingerprint density at radius 1 is 0.879 bits per heavy atom. The van der Waals surface area contributed by atoms with Gasteiger partial charge in [0.25, 0.3) is 8.32 Å². The molecule has 4 N–H and O–H groups in total. The molecule has 0 aromatic heterocycles. The number of benzene rings is 3. The number of primary amides is 1. The van der Waals surface area contributed by atoms with Gasteiger partial charge in [-0.15, -0.1) is 0 Å². The summed E-state index contributed by atoms with van der Waals surface area (Å²) in [5, 5.41) is 2.18. The first-order chi connectivity index (χ1) is 15.7. The zero-order valence-corrected chi connectivity index (χ0v) is 20.7. The number of amides is 1. The monoisotopic (exact) mass is 462 g/mol. The van der Waals surface area contributed by atoms with Gasteiger partial charge >= 0.3 is 6.09 Å². The van der Waals surface area contributed by atoms with Crippen molar-refractivity contribution in [2.45, 2.75) is 44.8 Å². The Hall–Kier alpha value is -3.09. The van der Waals surface area contributed by atoms with E-state index >= 15 is 0 Å². The molecule has 0 heterocycles. The van der Waals surface area contributed by atoms with E-state index in [0.717, 1.165) is 11.3 Å². The summed E-state index contributed by atoms with van der Waals surface area (Å²) >= 11 is 0. The van der Waals surface area contributed by atoms with Gasteiger partial charge in [0, 0.05) is 5.69 Å². The molecule has 0 spiro atoms. The number of para-hydroxylation sites is 1. The predicted molar refractivity (Wildman–Crippen MR) is 137 cm³/mol. The van der Waals surface area contributed by atoms with Crippen LogP contribution in [-0.2, 0) is 15.6 Å². The minimum Gasteiger partial charge on any atom is -0.444 e. The van der Waals surface area contributed by atoms with Crippen molar-refractivity contribution in [2.24, 2.45) is 5.73 Å². The lowest BCUT2D eigenvalue weighted by Gasteiger charge is -2.43. The van der Waals surface area contributed by atoms with Crippen LogP contribution in [0.5, 0.6) is 0 Å². The molecule has 5 nitrogen and oxygen atoms in total. The van der Waals surface area contributed by atoms with Gasteiger partial charge in [0.05, 0.1) is 6.61 Å². The average Bonchev–Trinajstić information content (AvgIpc) is 2.79. The average molecular weight is 463 g/mol. The van der Waals surface area contributed by atoms with Crippen LogP contribution in [0.25, 0.3) is 0 Å². The van der Waals surface area contributed by atoms with E-state index in [1.54, 1.807) is 0 Å². The number of hydrogen-bond acceptors (Lipinski definition) is 4. The highest BCUT2D eigenvalue weighted by atomic mass is 28.4. The van der Waals surface area contributed by atoms with Gasteiger partial charge in [-0.2, -0.15) is 0 Å². The van der Waals surface area contributed by atoms with Crippen LogP contribution in [0.4, 0.5) is 10.5 Å². The van der Waals surface area contributed by atoms with Crippen LogP contribution in [-0.4, -0.2) is 27.1 Å². The van der Waals surface area contributed by atoms with Gasteiger partial charge in [0.15, 0.2) is 0 Å². The lowest BCUT2D eigenvalue weighted by atomic mass is 10.1. The molecule has 1 atom stereocenters. The highest BCUT2D eigenvalue weighted by Crippen LogP contribution is 2.37. The van der Waals surface area contributed by atoms with Crippen molar-refractivity contribution in [3.63, 3.8) is 0 Å². The molecular weight excluding hydrogens is 428 g/mol. The third kappa shape index (κ3) is 5.83. The second kappa shape index (κ2) is 10.7. The van der Waals surface area contributed by atoms with Crippen molar-refractivity contribution in [2.75, 3.05) is 12.3 Å². The maximum Gasteiger partial charge on any atom is 0.404 e. The molecule has 0 saturated heterocycles. The number of nitrogen functional groups attached to an aromatic ring is 1. The molecule has 3 aromatic carbocycles. The summed E-state index contributed by atoms with van der Waals surface area (Å²) in [6, 6.07) is 28.5. The largest absolute Gasteiger partial charge is 0.444 e. The van der Waals surface area contributed by atoms with Crippen LogP contribution in [0, 0.1) is 0 Å². The Bertz CT molecular complexity index is 996.